The third-order valence-electron chi connectivity index (χ3n) is 8.53. The van der Waals surface area contributed by atoms with Crippen molar-refractivity contribution in [3.8, 4) is 0 Å². The smallest absolute Gasteiger partial charge is 0.229 e. The fourth-order valence-electron chi connectivity index (χ4n) is 6.12. The SMILES string of the molecule is CCCCCCCCCCCCCCN1CCN(c2cc(N3CCCC3)nc(N3CCCC3)n2)CC1. The molecule has 0 aromatic carbocycles. The first kappa shape index (κ1) is 27.5. The molecule has 1 aromatic rings. The number of aromatic nitrogens is 2. The van der Waals surface area contributed by atoms with E-state index in [0.717, 1.165) is 56.9 Å². The van der Waals surface area contributed by atoms with Crippen molar-refractivity contribution in [2.45, 2.75) is 110 Å². The van der Waals surface area contributed by atoms with Crippen LogP contribution in [0.1, 0.15) is 110 Å². The van der Waals surface area contributed by atoms with E-state index in [1.807, 2.05) is 0 Å². The predicted molar refractivity (Wildman–Crippen MR) is 155 cm³/mol. The van der Waals surface area contributed by atoms with Crippen LogP contribution in [-0.2, 0) is 0 Å². The molecule has 0 atom stereocenters. The average molecular weight is 499 g/mol. The Balaban J connectivity index is 1.13. The molecule has 6 nitrogen and oxygen atoms in total. The van der Waals surface area contributed by atoms with Gasteiger partial charge in [0.1, 0.15) is 11.6 Å². The zero-order valence-corrected chi connectivity index (χ0v) is 23.4. The van der Waals surface area contributed by atoms with Crippen molar-refractivity contribution in [2.24, 2.45) is 0 Å². The number of unbranched alkanes of at least 4 members (excludes halogenated alkanes) is 11. The number of hydrogen-bond acceptors (Lipinski definition) is 6. The summed E-state index contributed by atoms with van der Waals surface area (Å²) < 4.78 is 0. The summed E-state index contributed by atoms with van der Waals surface area (Å²) in [5.41, 5.74) is 0. The molecule has 6 heteroatoms. The van der Waals surface area contributed by atoms with E-state index >= 15 is 0 Å². The van der Waals surface area contributed by atoms with Crippen LogP contribution in [0.3, 0.4) is 0 Å². The van der Waals surface area contributed by atoms with Gasteiger partial charge in [0.25, 0.3) is 0 Å². The molecule has 3 fully saturated rings. The van der Waals surface area contributed by atoms with E-state index in [2.05, 4.69) is 32.6 Å². The molecule has 1 aromatic heterocycles. The Hall–Kier alpha value is -1.56. The fraction of sp³-hybridized carbons (Fsp3) is 0.867. The molecule has 0 radical (unpaired) electrons. The van der Waals surface area contributed by atoms with Crippen LogP contribution in [0.2, 0.25) is 0 Å². The van der Waals surface area contributed by atoms with Gasteiger partial charge in [-0.3, -0.25) is 4.90 Å². The Morgan fingerprint density at radius 3 is 1.50 bits per heavy atom. The lowest BCUT2D eigenvalue weighted by Gasteiger charge is -2.36. The van der Waals surface area contributed by atoms with Gasteiger partial charge >= 0.3 is 0 Å². The maximum absolute atomic E-state index is 5.07. The number of hydrogen-bond donors (Lipinski definition) is 0. The summed E-state index contributed by atoms with van der Waals surface area (Å²) in [6.07, 6.45) is 22.3. The van der Waals surface area contributed by atoms with Crippen LogP contribution in [0.5, 0.6) is 0 Å². The van der Waals surface area contributed by atoms with E-state index < -0.39 is 0 Å². The molecule has 0 spiro atoms. The molecular weight excluding hydrogens is 444 g/mol. The van der Waals surface area contributed by atoms with Crippen LogP contribution in [0.25, 0.3) is 0 Å². The van der Waals surface area contributed by atoms with Gasteiger partial charge in [0.05, 0.1) is 0 Å². The van der Waals surface area contributed by atoms with Gasteiger partial charge < -0.3 is 14.7 Å². The number of anilines is 3. The maximum Gasteiger partial charge on any atom is 0.229 e. The average Bonchev–Trinajstić information content (AvgIpc) is 3.65. The zero-order chi connectivity index (χ0) is 24.8. The maximum atomic E-state index is 5.07. The van der Waals surface area contributed by atoms with Crippen LogP contribution >= 0.6 is 0 Å². The Labute approximate surface area is 221 Å². The molecule has 3 saturated heterocycles. The highest BCUT2D eigenvalue weighted by Gasteiger charge is 2.24. The Morgan fingerprint density at radius 2 is 0.972 bits per heavy atom. The lowest BCUT2D eigenvalue weighted by Crippen LogP contribution is -2.47. The number of nitrogens with zero attached hydrogens (tertiary/aromatic N) is 6. The van der Waals surface area contributed by atoms with Gasteiger partial charge in [-0.25, -0.2) is 0 Å². The molecular formula is C30H54N6. The fourth-order valence-corrected chi connectivity index (χ4v) is 6.12. The van der Waals surface area contributed by atoms with Gasteiger partial charge in [-0.2, -0.15) is 9.97 Å². The van der Waals surface area contributed by atoms with Crippen LogP contribution in [-0.4, -0.2) is 73.8 Å². The zero-order valence-electron chi connectivity index (χ0n) is 23.4. The van der Waals surface area contributed by atoms with Gasteiger partial charge in [0.2, 0.25) is 5.95 Å². The highest BCUT2D eigenvalue weighted by atomic mass is 15.3. The van der Waals surface area contributed by atoms with Crippen molar-refractivity contribution in [3.63, 3.8) is 0 Å². The monoisotopic (exact) mass is 498 g/mol. The summed E-state index contributed by atoms with van der Waals surface area (Å²) in [7, 11) is 0. The lowest BCUT2D eigenvalue weighted by atomic mass is 10.1. The highest BCUT2D eigenvalue weighted by molar-refractivity contribution is 5.56. The minimum Gasteiger partial charge on any atom is -0.356 e. The standard InChI is InChI=1S/C30H54N6/c1-2-3-4-5-6-7-8-9-10-11-12-13-18-33-23-25-35(26-24-33)29-27-28(34-19-14-15-20-34)31-30(32-29)36-21-16-17-22-36/h27H,2-26H2,1H3. The summed E-state index contributed by atoms with van der Waals surface area (Å²) in [5.74, 6) is 3.27. The summed E-state index contributed by atoms with van der Waals surface area (Å²) in [5, 5.41) is 0. The van der Waals surface area contributed by atoms with Gasteiger partial charge in [-0.1, -0.05) is 77.6 Å². The number of piperazine rings is 1. The largest absolute Gasteiger partial charge is 0.356 e. The van der Waals surface area contributed by atoms with Crippen LogP contribution in [0.15, 0.2) is 6.07 Å². The highest BCUT2D eigenvalue weighted by Crippen LogP contribution is 2.28. The van der Waals surface area contributed by atoms with E-state index in [0.29, 0.717) is 0 Å². The molecule has 3 aliphatic heterocycles. The van der Waals surface area contributed by atoms with Crippen LogP contribution in [0.4, 0.5) is 17.6 Å². The number of rotatable bonds is 16. The van der Waals surface area contributed by atoms with Crippen molar-refractivity contribution >= 4 is 17.6 Å². The Morgan fingerprint density at radius 1 is 0.528 bits per heavy atom. The molecule has 0 N–H and O–H groups in total. The van der Waals surface area contributed by atoms with Gasteiger partial charge in [-0.15, -0.1) is 0 Å². The van der Waals surface area contributed by atoms with Gasteiger partial charge in [0.15, 0.2) is 0 Å². The van der Waals surface area contributed by atoms with Crippen molar-refractivity contribution in [1.82, 2.24) is 14.9 Å². The minimum atomic E-state index is 0.964. The Bertz CT molecular complexity index is 686. The van der Waals surface area contributed by atoms with E-state index in [9.17, 15) is 0 Å². The van der Waals surface area contributed by atoms with Crippen LogP contribution < -0.4 is 14.7 Å². The van der Waals surface area contributed by atoms with E-state index in [-0.39, 0.29) is 0 Å². The molecule has 36 heavy (non-hydrogen) atoms. The third kappa shape index (κ3) is 8.78. The van der Waals surface area contributed by atoms with E-state index in [1.165, 1.54) is 122 Å². The molecule has 0 saturated carbocycles. The second-order valence-electron chi connectivity index (χ2n) is 11.5. The summed E-state index contributed by atoms with van der Waals surface area (Å²) >= 11 is 0. The molecule has 0 unspecified atom stereocenters. The first-order valence-electron chi connectivity index (χ1n) is 15.7. The van der Waals surface area contributed by atoms with Gasteiger partial charge in [-0.05, 0) is 38.6 Å². The van der Waals surface area contributed by atoms with Crippen molar-refractivity contribution in [2.75, 3.05) is 73.6 Å². The molecule has 0 bridgehead atoms. The molecule has 4 heterocycles. The third-order valence-corrected chi connectivity index (χ3v) is 8.53. The minimum absolute atomic E-state index is 0.964. The first-order valence-corrected chi connectivity index (χ1v) is 15.7. The Kier molecular flexibility index (Phi) is 11.9. The molecule has 3 aliphatic rings. The lowest BCUT2D eigenvalue weighted by molar-refractivity contribution is 0.251. The second kappa shape index (κ2) is 15.6. The first-order chi connectivity index (χ1) is 17.8. The summed E-state index contributed by atoms with van der Waals surface area (Å²) in [6.45, 7) is 12.6. The molecule has 4 rings (SSSR count). The van der Waals surface area contributed by atoms with Gasteiger partial charge in [0, 0.05) is 58.4 Å². The van der Waals surface area contributed by atoms with E-state index in [4.69, 9.17) is 9.97 Å². The quantitative estimate of drug-likeness (QED) is 0.242. The summed E-state index contributed by atoms with van der Waals surface area (Å²) in [6, 6.07) is 2.27. The molecule has 204 valence electrons. The van der Waals surface area contributed by atoms with Crippen molar-refractivity contribution < 1.29 is 0 Å². The van der Waals surface area contributed by atoms with Crippen molar-refractivity contribution in [1.29, 1.82) is 0 Å². The molecule has 0 aliphatic carbocycles. The second-order valence-corrected chi connectivity index (χ2v) is 11.5. The van der Waals surface area contributed by atoms with Crippen molar-refractivity contribution in [3.05, 3.63) is 6.07 Å². The molecule has 0 amide bonds. The van der Waals surface area contributed by atoms with Crippen LogP contribution in [0, 0.1) is 0 Å². The normalized spacial score (nSPS) is 19.1. The summed E-state index contributed by atoms with van der Waals surface area (Å²) in [4.78, 5) is 20.1. The topological polar surface area (TPSA) is 38.7 Å². The van der Waals surface area contributed by atoms with E-state index in [1.54, 1.807) is 0 Å². The predicted octanol–water partition coefficient (Wildman–Crippen LogP) is 6.50.